The molecular weight excluding hydrogens is 472 g/mol. The highest BCUT2D eigenvalue weighted by atomic mass is 16.5. The van der Waals surface area contributed by atoms with E-state index in [4.69, 9.17) is 9.47 Å². The number of nitrogens with one attached hydrogen (secondary N) is 1. The fraction of sp³-hybridized carbons (Fsp3) is 0.679. The zero-order valence-corrected chi connectivity index (χ0v) is 22.2. The Morgan fingerprint density at radius 1 is 1.14 bits per heavy atom. The molecule has 0 radical (unpaired) electrons. The second-order valence-corrected chi connectivity index (χ2v) is 10.9. The second-order valence-electron chi connectivity index (χ2n) is 10.9. The molecule has 0 aromatic heterocycles. The zero-order valence-electron chi connectivity index (χ0n) is 22.2. The van der Waals surface area contributed by atoms with Gasteiger partial charge in [0.15, 0.2) is 5.78 Å². The normalized spacial score (nSPS) is 28.1. The van der Waals surface area contributed by atoms with Crippen molar-refractivity contribution in [1.29, 1.82) is 0 Å². The molecule has 4 fully saturated rings. The summed E-state index contributed by atoms with van der Waals surface area (Å²) >= 11 is 0. The highest BCUT2D eigenvalue weighted by Gasteiger charge is 2.53. The minimum atomic E-state index is -0.735. The number of likely N-dealkylation sites (tertiary alicyclic amines) is 1. The maximum absolute atomic E-state index is 13.7. The summed E-state index contributed by atoms with van der Waals surface area (Å²) in [7, 11) is 1.56. The van der Waals surface area contributed by atoms with Crippen LogP contribution in [0.5, 0.6) is 0 Å². The number of benzene rings is 1. The van der Waals surface area contributed by atoms with Crippen LogP contribution in [0.2, 0.25) is 0 Å². The number of nitrogens with zero attached hydrogens (tertiary/aromatic N) is 3. The van der Waals surface area contributed by atoms with Gasteiger partial charge in [0.1, 0.15) is 30.9 Å². The van der Waals surface area contributed by atoms with Crippen molar-refractivity contribution in [1.82, 2.24) is 15.1 Å². The molecule has 3 saturated heterocycles. The lowest BCUT2D eigenvalue weighted by molar-refractivity contribution is -0.139. The average Bonchev–Trinajstić information content (AvgIpc) is 3.46. The molecule has 9 nitrogen and oxygen atoms in total. The van der Waals surface area contributed by atoms with Gasteiger partial charge in [-0.25, -0.2) is 0 Å². The van der Waals surface area contributed by atoms with Gasteiger partial charge in [0, 0.05) is 50.6 Å². The van der Waals surface area contributed by atoms with Gasteiger partial charge in [-0.05, 0) is 43.0 Å². The third kappa shape index (κ3) is 5.13. The Morgan fingerprint density at radius 3 is 2.43 bits per heavy atom. The second kappa shape index (κ2) is 11.1. The number of carbonyl (C=O) groups is 3. The number of Topliss-reactive ketones (excluding diaryl/α,β-unsaturated/α-hetero) is 1. The average molecular weight is 513 g/mol. The summed E-state index contributed by atoms with van der Waals surface area (Å²) < 4.78 is 11.1. The zero-order chi connectivity index (χ0) is 26.1. The quantitative estimate of drug-likeness (QED) is 0.567. The fourth-order valence-corrected chi connectivity index (χ4v) is 6.05. The third-order valence-electron chi connectivity index (χ3n) is 8.89. The largest absolute Gasteiger partial charge is 0.377 e. The molecule has 1 N–H and O–H groups in total. The Kier molecular flexibility index (Phi) is 7.83. The van der Waals surface area contributed by atoms with E-state index in [-0.39, 0.29) is 42.8 Å². The van der Waals surface area contributed by atoms with Crippen LogP contribution in [0.25, 0.3) is 0 Å². The maximum Gasteiger partial charge on any atom is 0.251 e. The smallest absolute Gasteiger partial charge is 0.251 e. The Hall–Kier alpha value is -2.49. The molecular formula is C28H40N4O5. The summed E-state index contributed by atoms with van der Waals surface area (Å²) in [6.07, 6.45) is 3.94. The molecule has 0 unspecified atom stereocenters. The van der Waals surface area contributed by atoms with Crippen molar-refractivity contribution in [2.75, 3.05) is 51.3 Å². The number of methoxy groups -OCH3 is 1. The molecule has 1 aromatic carbocycles. The van der Waals surface area contributed by atoms with Gasteiger partial charge in [0.2, 0.25) is 5.91 Å². The number of hydrogen-bond acceptors (Lipinski definition) is 7. The Morgan fingerprint density at radius 2 is 1.84 bits per heavy atom. The van der Waals surface area contributed by atoms with Gasteiger partial charge in [-0.15, -0.1) is 0 Å². The summed E-state index contributed by atoms with van der Waals surface area (Å²) in [4.78, 5) is 45.9. The summed E-state index contributed by atoms with van der Waals surface area (Å²) in [6.45, 7) is 8.37. The van der Waals surface area contributed by atoms with Crippen LogP contribution in [0.3, 0.4) is 0 Å². The summed E-state index contributed by atoms with van der Waals surface area (Å²) in [5.41, 5.74) is 1.64. The van der Waals surface area contributed by atoms with Gasteiger partial charge in [-0.3, -0.25) is 19.3 Å². The summed E-state index contributed by atoms with van der Waals surface area (Å²) in [6, 6.07) is 7.06. The van der Waals surface area contributed by atoms with Crippen LogP contribution < -0.4 is 10.2 Å². The molecule has 9 heteroatoms. The first-order valence-electron chi connectivity index (χ1n) is 13.8. The summed E-state index contributed by atoms with van der Waals surface area (Å²) in [5, 5.41) is 2.98. The third-order valence-corrected chi connectivity index (χ3v) is 8.89. The summed E-state index contributed by atoms with van der Waals surface area (Å²) in [5.74, 6) is -0.749. The fourth-order valence-electron chi connectivity index (χ4n) is 6.05. The molecule has 1 aromatic rings. The number of amides is 2. The first kappa shape index (κ1) is 26.1. The highest BCUT2D eigenvalue weighted by Crippen LogP contribution is 2.31. The van der Waals surface area contributed by atoms with Crippen molar-refractivity contribution in [3.63, 3.8) is 0 Å². The molecule has 4 aliphatic rings. The van der Waals surface area contributed by atoms with Gasteiger partial charge >= 0.3 is 0 Å². The molecule has 2 amide bonds. The molecule has 3 aliphatic heterocycles. The molecule has 5 rings (SSSR count). The van der Waals surface area contributed by atoms with E-state index in [1.807, 2.05) is 38.1 Å². The molecule has 3 heterocycles. The van der Waals surface area contributed by atoms with Crippen molar-refractivity contribution in [2.24, 2.45) is 5.92 Å². The number of rotatable bonds is 8. The van der Waals surface area contributed by atoms with E-state index in [0.717, 1.165) is 37.9 Å². The van der Waals surface area contributed by atoms with Crippen LogP contribution in [0.15, 0.2) is 24.3 Å². The number of hydrogen-bond donors (Lipinski definition) is 1. The Balaban J connectivity index is 1.23. The van der Waals surface area contributed by atoms with E-state index in [1.165, 1.54) is 19.3 Å². The lowest BCUT2D eigenvalue weighted by atomic mass is 9.91. The number of fused-ring (bicyclic) bond motifs is 1. The van der Waals surface area contributed by atoms with E-state index in [9.17, 15) is 14.4 Å². The monoisotopic (exact) mass is 512 g/mol. The number of ether oxygens (including phenoxy) is 2. The topological polar surface area (TPSA) is 91.4 Å². The number of anilines is 1. The Bertz CT molecular complexity index is 989. The van der Waals surface area contributed by atoms with Crippen molar-refractivity contribution in [2.45, 2.75) is 69.9 Å². The van der Waals surface area contributed by atoms with Crippen molar-refractivity contribution in [3.8, 4) is 0 Å². The lowest BCUT2D eigenvalue weighted by Gasteiger charge is -2.43. The van der Waals surface area contributed by atoms with E-state index in [0.29, 0.717) is 12.0 Å². The minimum Gasteiger partial charge on any atom is -0.377 e. The molecule has 5 atom stereocenters. The van der Waals surface area contributed by atoms with Gasteiger partial charge in [0.25, 0.3) is 5.91 Å². The molecule has 1 aliphatic carbocycles. The molecule has 0 bridgehead atoms. The van der Waals surface area contributed by atoms with Gasteiger partial charge in [0.05, 0.1) is 6.54 Å². The van der Waals surface area contributed by atoms with Gasteiger partial charge in [-0.1, -0.05) is 26.7 Å². The number of piperazine rings is 1. The SMILES string of the molecule is CC[C@H](C)[C@H](NC(=O)c1ccc(N2CCN(C3CCC3)CC2)cc1)C(=O)N1C[C@H](OC)[C@H]2OCC(=O)[C@H]21. The first-order chi connectivity index (χ1) is 17.9. The minimum absolute atomic E-state index is 0.0126. The van der Waals surface area contributed by atoms with E-state index in [1.54, 1.807) is 12.0 Å². The van der Waals surface area contributed by atoms with Crippen LogP contribution in [0.4, 0.5) is 5.69 Å². The van der Waals surface area contributed by atoms with Crippen LogP contribution >= 0.6 is 0 Å². The van der Waals surface area contributed by atoms with E-state index >= 15 is 0 Å². The lowest BCUT2D eigenvalue weighted by Crippen LogP contribution is -2.54. The number of ketones is 1. The highest BCUT2D eigenvalue weighted by molar-refractivity contribution is 5.99. The van der Waals surface area contributed by atoms with Crippen LogP contribution in [-0.4, -0.2) is 104 Å². The molecule has 1 saturated carbocycles. The van der Waals surface area contributed by atoms with Gasteiger partial charge in [-0.2, -0.15) is 0 Å². The first-order valence-corrected chi connectivity index (χ1v) is 13.8. The van der Waals surface area contributed by atoms with Crippen molar-refractivity contribution in [3.05, 3.63) is 29.8 Å². The van der Waals surface area contributed by atoms with Crippen molar-refractivity contribution >= 4 is 23.3 Å². The van der Waals surface area contributed by atoms with Crippen LogP contribution in [-0.2, 0) is 19.1 Å². The van der Waals surface area contributed by atoms with Crippen LogP contribution in [0, 0.1) is 5.92 Å². The molecule has 0 spiro atoms. The number of carbonyl (C=O) groups excluding carboxylic acids is 3. The standard InChI is InChI=1S/C28H40N4O5/c1-4-18(2)24(28(35)32-16-23(36-3)26-25(32)22(33)17-37-26)29-27(34)19-8-10-21(11-9-19)31-14-12-30(13-15-31)20-6-5-7-20/h8-11,18,20,23-26H,4-7,12-17H2,1-3H3,(H,29,34)/t18-,23-,24-,25+,26+/m0/s1. The maximum atomic E-state index is 13.7. The predicted molar refractivity (Wildman–Crippen MR) is 140 cm³/mol. The molecule has 37 heavy (non-hydrogen) atoms. The Labute approximate surface area is 219 Å². The predicted octanol–water partition coefficient (Wildman–Crippen LogP) is 1.70. The van der Waals surface area contributed by atoms with E-state index < -0.39 is 18.2 Å². The molecule has 202 valence electrons. The van der Waals surface area contributed by atoms with Gasteiger partial charge < -0.3 is 24.6 Å². The van der Waals surface area contributed by atoms with E-state index in [2.05, 4.69) is 15.1 Å². The van der Waals surface area contributed by atoms with Crippen LogP contribution in [0.1, 0.15) is 49.9 Å². The van der Waals surface area contributed by atoms with Crippen molar-refractivity contribution < 1.29 is 23.9 Å².